The van der Waals surface area contributed by atoms with Crippen molar-refractivity contribution < 1.29 is 5.11 Å². The summed E-state index contributed by atoms with van der Waals surface area (Å²) in [5.41, 5.74) is 4.27. The molecule has 4 rings (SSSR count). The Bertz CT molecular complexity index is 775. The van der Waals surface area contributed by atoms with Crippen molar-refractivity contribution in [2.75, 3.05) is 31.6 Å². The molecular formula is C23H30N2O. The van der Waals surface area contributed by atoms with Gasteiger partial charge in [-0.15, -0.1) is 0 Å². The Labute approximate surface area is 157 Å². The van der Waals surface area contributed by atoms with Crippen molar-refractivity contribution in [3.63, 3.8) is 0 Å². The van der Waals surface area contributed by atoms with Crippen molar-refractivity contribution in [1.29, 1.82) is 0 Å². The summed E-state index contributed by atoms with van der Waals surface area (Å²) in [6, 6.07) is 17.2. The van der Waals surface area contributed by atoms with E-state index < -0.39 is 0 Å². The van der Waals surface area contributed by atoms with E-state index in [-0.39, 0.29) is 5.41 Å². The van der Waals surface area contributed by atoms with Crippen molar-refractivity contribution in [3.05, 3.63) is 59.7 Å². The number of anilines is 1. The Morgan fingerprint density at radius 1 is 1.19 bits per heavy atom. The van der Waals surface area contributed by atoms with Crippen molar-refractivity contribution >= 4 is 5.69 Å². The molecule has 1 aliphatic carbocycles. The number of piperidine rings is 1. The lowest BCUT2D eigenvalue weighted by Gasteiger charge is -2.54. The Kier molecular flexibility index (Phi) is 4.44. The van der Waals surface area contributed by atoms with Crippen molar-refractivity contribution in [1.82, 2.24) is 4.90 Å². The van der Waals surface area contributed by atoms with Gasteiger partial charge in [-0.1, -0.05) is 38.1 Å². The number of phenolic OH excluding ortho intramolecular Hbond substituents is 1. The number of aromatic hydroxyl groups is 1. The van der Waals surface area contributed by atoms with E-state index in [1.54, 1.807) is 0 Å². The van der Waals surface area contributed by atoms with Crippen molar-refractivity contribution in [3.8, 4) is 5.75 Å². The summed E-state index contributed by atoms with van der Waals surface area (Å²) < 4.78 is 0. The highest BCUT2D eigenvalue weighted by molar-refractivity contribution is 5.45. The molecule has 1 fully saturated rings. The van der Waals surface area contributed by atoms with Gasteiger partial charge in [0, 0.05) is 31.9 Å². The first kappa shape index (κ1) is 17.4. The highest BCUT2D eigenvalue weighted by atomic mass is 16.3. The van der Waals surface area contributed by atoms with E-state index in [1.165, 1.54) is 16.8 Å². The number of para-hydroxylation sites is 1. The summed E-state index contributed by atoms with van der Waals surface area (Å²) in [6.07, 6.45) is 2.26. The minimum absolute atomic E-state index is 0.179. The molecule has 0 spiro atoms. The standard InChI is InChI=1S/C23H30N2O/c1-17-22-15-18-9-10-20(26)16-21(18)23(17,2)11-12-25(22)14-13-24(3)19-7-5-4-6-8-19/h4-10,16-17,22,26H,11-15H2,1-3H3/t17-,22+,23+/m0/s1. The van der Waals surface area contributed by atoms with Crippen LogP contribution in [0.2, 0.25) is 0 Å². The molecule has 3 atom stereocenters. The van der Waals surface area contributed by atoms with E-state index >= 15 is 0 Å². The van der Waals surface area contributed by atoms with Gasteiger partial charge in [0.15, 0.2) is 0 Å². The fraction of sp³-hybridized carbons (Fsp3) is 0.478. The summed E-state index contributed by atoms with van der Waals surface area (Å²) >= 11 is 0. The van der Waals surface area contributed by atoms with Crippen molar-refractivity contribution in [2.24, 2.45) is 5.92 Å². The third-order valence-corrected chi connectivity index (χ3v) is 7.03. The summed E-state index contributed by atoms with van der Waals surface area (Å²) in [6.45, 7) is 8.10. The normalized spacial score (nSPS) is 27.8. The summed E-state index contributed by atoms with van der Waals surface area (Å²) in [5, 5.41) is 9.98. The van der Waals surface area contributed by atoms with Gasteiger partial charge >= 0.3 is 0 Å². The first-order chi connectivity index (χ1) is 12.5. The summed E-state index contributed by atoms with van der Waals surface area (Å²) in [4.78, 5) is 5.05. The number of benzene rings is 2. The molecule has 1 saturated heterocycles. The predicted molar refractivity (Wildman–Crippen MR) is 108 cm³/mol. The molecule has 3 heteroatoms. The second-order valence-corrected chi connectivity index (χ2v) is 8.36. The molecule has 1 aliphatic heterocycles. The molecule has 0 aromatic heterocycles. The number of hydrogen-bond donors (Lipinski definition) is 1. The van der Waals surface area contributed by atoms with Gasteiger partial charge in [0.25, 0.3) is 0 Å². The largest absolute Gasteiger partial charge is 0.508 e. The maximum Gasteiger partial charge on any atom is 0.115 e. The SMILES string of the molecule is C[C@H]1[C@H]2Cc3ccc(O)cc3[C@]1(C)CCN2CCN(C)c1ccccc1. The monoisotopic (exact) mass is 350 g/mol. The molecule has 2 aromatic rings. The van der Waals surface area contributed by atoms with Crippen LogP contribution in [-0.2, 0) is 11.8 Å². The van der Waals surface area contributed by atoms with Crippen LogP contribution < -0.4 is 4.90 Å². The van der Waals surface area contributed by atoms with E-state index in [4.69, 9.17) is 0 Å². The maximum atomic E-state index is 9.98. The predicted octanol–water partition coefficient (Wildman–Crippen LogP) is 4.05. The van der Waals surface area contributed by atoms with Gasteiger partial charge in [0.1, 0.15) is 5.75 Å². The van der Waals surface area contributed by atoms with E-state index in [0.717, 1.165) is 32.5 Å². The van der Waals surface area contributed by atoms with Gasteiger partial charge in [0.05, 0.1) is 0 Å². The third-order valence-electron chi connectivity index (χ3n) is 7.03. The van der Waals surface area contributed by atoms with E-state index in [1.807, 2.05) is 12.1 Å². The minimum atomic E-state index is 0.179. The van der Waals surface area contributed by atoms with Gasteiger partial charge in [-0.05, 0) is 66.1 Å². The molecular weight excluding hydrogens is 320 g/mol. The number of likely N-dealkylation sites (tertiary alicyclic amines) is 1. The third kappa shape index (κ3) is 2.88. The van der Waals surface area contributed by atoms with E-state index in [2.05, 4.69) is 67.1 Å². The maximum absolute atomic E-state index is 9.98. The minimum Gasteiger partial charge on any atom is -0.508 e. The zero-order valence-corrected chi connectivity index (χ0v) is 16.2. The molecule has 1 N–H and O–H groups in total. The number of phenols is 1. The van der Waals surface area contributed by atoms with Gasteiger partial charge in [-0.2, -0.15) is 0 Å². The zero-order valence-electron chi connectivity index (χ0n) is 16.2. The van der Waals surface area contributed by atoms with Crippen LogP contribution in [0.1, 0.15) is 31.4 Å². The average Bonchev–Trinajstić information content (AvgIpc) is 2.65. The smallest absolute Gasteiger partial charge is 0.115 e. The summed E-state index contributed by atoms with van der Waals surface area (Å²) in [5.74, 6) is 1.01. The molecule has 2 aliphatic rings. The van der Waals surface area contributed by atoms with Crippen LogP contribution in [0.4, 0.5) is 5.69 Å². The fourth-order valence-corrected chi connectivity index (χ4v) is 5.06. The topological polar surface area (TPSA) is 26.7 Å². The van der Waals surface area contributed by atoms with Crippen LogP contribution in [0, 0.1) is 5.92 Å². The highest BCUT2D eigenvalue weighted by Crippen LogP contribution is 2.49. The number of hydrogen-bond acceptors (Lipinski definition) is 3. The van der Waals surface area contributed by atoms with Crippen LogP contribution in [-0.4, -0.2) is 42.7 Å². The van der Waals surface area contributed by atoms with Gasteiger partial charge in [-0.25, -0.2) is 0 Å². The number of rotatable bonds is 4. The van der Waals surface area contributed by atoms with Gasteiger partial charge < -0.3 is 10.0 Å². The second-order valence-electron chi connectivity index (χ2n) is 8.36. The van der Waals surface area contributed by atoms with Crippen LogP contribution in [0.15, 0.2) is 48.5 Å². The lowest BCUT2D eigenvalue weighted by Crippen LogP contribution is -2.58. The van der Waals surface area contributed by atoms with E-state index in [9.17, 15) is 5.11 Å². The number of fused-ring (bicyclic) bond motifs is 4. The molecule has 3 nitrogen and oxygen atoms in total. The second kappa shape index (κ2) is 6.62. The van der Waals surface area contributed by atoms with Crippen LogP contribution >= 0.6 is 0 Å². The Balaban J connectivity index is 1.51. The summed E-state index contributed by atoms with van der Waals surface area (Å²) in [7, 11) is 2.19. The molecule has 26 heavy (non-hydrogen) atoms. The van der Waals surface area contributed by atoms with Crippen LogP contribution in [0.25, 0.3) is 0 Å². The molecule has 2 bridgehead atoms. The molecule has 0 amide bonds. The number of nitrogens with zero attached hydrogens (tertiary/aromatic N) is 2. The molecule has 0 unspecified atom stereocenters. The first-order valence-electron chi connectivity index (χ1n) is 9.81. The quantitative estimate of drug-likeness (QED) is 0.901. The fourth-order valence-electron chi connectivity index (χ4n) is 5.06. The van der Waals surface area contributed by atoms with Crippen LogP contribution in [0.5, 0.6) is 5.75 Å². The molecule has 138 valence electrons. The zero-order chi connectivity index (χ0) is 18.3. The lowest BCUT2D eigenvalue weighted by molar-refractivity contribution is 0.0335. The Hall–Kier alpha value is -2.00. The Morgan fingerprint density at radius 3 is 2.73 bits per heavy atom. The van der Waals surface area contributed by atoms with Crippen LogP contribution in [0.3, 0.4) is 0 Å². The molecule has 0 saturated carbocycles. The highest BCUT2D eigenvalue weighted by Gasteiger charge is 2.48. The molecule has 0 radical (unpaired) electrons. The molecule has 2 aromatic carbocycles. The van der Waals surface area contributed by atoms with E-state index in [0.29, 0.717) is 17.7 Å². The average molecular weight is 351 g/mol. The molecule has 1 heterocycles. The van der Waals surface area contributed by atoms with Crippen molar-refractivity contribution in [2.45, 2.75) is 38.1 Å². The number of likely N-dealkylation sites (N-methyl/N-ethyl adjacent to an activating group) is 1. The Morgan fingerprint density at radius 2 is 1.96 bits per heavy atom. The first-order valence-corrected chi connectivity index (χ1v) is 9.81. The van der Waals surface area contributed by atoms with Gasteiger partial charge in [-0.3, -0.25) is 4.90 Å². The van der Waals surface area contributed by atoms with Gasteiger partial charge in [0.2, 0.25) is 0 Å². The lowest BCUT2D eigenvalue weighted by atomic mass is 9.59.